The zero-order valence-electron chi connectivity index (χ0n) is 12.4. The smallest absolute Gasteiger partial charge is 0.265 e. The van der Waals surface area contributed by atoms with Crippen LogP contribution in [0.1, 0.15) is 18.2 Å². The van der Waals surface area contributed by atoms with Crippen LogP contribution in [0.2, 0.25) is 0 Å². The highest BCUT2D eigenvalue weighted by Crippen LogP contribution is 2.26. The number of hydrogen-bond acceptors (Lipinski definition) is 2. The molecule has 0 atom stereocenters. The molecule has 0 unspecified atom stereocenters. The molecule has 1 aromatic carbocycles. The first kappa shape index (κ1) is 15.9. The number of hydrogen-bond donors (Lipinski definition) is 0. The number of alkyl halides is 1. The van der Waals surface area contributed by atoms with Gasteiger partial charge in [0.15, 0.2) is 0 Å². The summed E-state index contributed by atoms with van der Waals surface area (Å²) in [6, 6.07) is 9.05. The molecule has 6 heteroatoms. The maximum absolute atomic E-state index is 12.8. The van der Waals surface area contributed by atoms with Gasteiger partial charge in [-0.25, -0.2) is 8.42 Å². The van der Waals surface area contributed by atoms with Crippen molar-refractivity contribution in [2.45, 2.75) is 31.2 Å². The SMILES string of the molecule is CCn1cc(S(=O)(=O)N(C)c2ccccc2C)cc1CCl. The monoisotopic (exact) mass is 326 g/mol. The molecule has 0 aliphatic carbocycles. The molecule has 0 spiro atoms. The first-order valence-corrected chi connectivity index (χ1v) is 8.68. The lowest BCUT2D eigenvalue weighted by atomic mass is 10.2. The number of aryl methyl sites for hydroxylation is 2. The summed E-state index contributed by atoms with van der Waals surface area (Å²) in [5.74, 6) is 0.289. The molecular formula is C15H19ClN2O2S. The molecular weight excluding hydrogens is 308 g/mol. The number of aromatic nitrogens is 1. The van der Waals surface area contributed by atoms with Crippen molar-refractivity contribution in [3.05, 3.63) is 47.8 Å². The molecule has 1 aromatic heterocycles. The van der Waals surface area contributed by atoms with Gasteiger partial charge in [-0.2, -0.15) is 0 Å². The zero-order valence-corrected chi connectivity index (χ0v) is 13.9. The molecule has 4 nitrogen and oxygen atoms in total. The number of halogens is 1. The maximum atomic E-state index is 12.8. The van der Waals surface area contributed by atoms with Gasteiger partial charge < -0.3 is 4.57 Å². The second kappa shape index (κ2) is 6.12. The lowest BCUT2D eigenvalue weighted by Gasteiger charge is -2.20. The van der Waals surface area contributed by atoms with Crippen molar-refractivity contribution in [2.75, 3.05) is 11.4 Å². The minimum absolute atomic E-state index is 0.269. The van der Waals surface area contributed by atoms with Gasteiger partial charge in [0.25, 0.3) is 10.0 Å². The van der Waals surface area contributed by atoms with Crippen molar-refractivity contribution in [1.29, 1.82) is 0 Å². The summed E-state index contributed by atoms with van der Waals surface area (Å²) in [5, 5.41) is 0. The third-order valence-electron chi connectivity index (χ3n) is 3.55. The van der Waals surface area contributed by atoms with E-state index in [2.05, 4.69) is 0 Å². The Morgan fingerprint density at radius 3 is 2.48 bits per heavy atom. The van der Waals surface area contributed by atoms with E-state index in [1.807, 2.05) is 36.6 Å². The summed E-state index contributed by atoms with van der Waals surface area (Å²) >= 11 is 5.87. The van der Waals surface area contributed by atoms with E-state index in [1.165, 1.54) is 4.31 Å². The van der Waals surface area contributed by atoms with Crippen LogP contribution in [-0.2, 0) is 22.4 Å². The Labute approximate surface area is 131 Å². The normalized spacial score (nSPS) is 11.6. The van der Waals surface area contributed by atoms with Crippen LogP contribution in [0, 0.1) is 6.92 Å². The lowest BCUT2D eigenvalue weighted by Crippen LogP contribution is -2.26. The lowest BCUT2D eigenvalue weighted by molar-refractivity contribution is 0.594. The van der Waals surface area contributed by atoms with Crippen LogP contribution >= 0.6 is 11.6 Å². The van der Waals surface area contributed by atoms with Crippen LogP contribution in [0.3, 0.4) is 0 Å². The highest BCUT2D eigenvalue weighted by molar-refractivity contribution is 7.92. The molecule has 1 heterocycles. The molecule has 2 aromatic rings. The van der Waals surface area contributed by atoms with E-state index in [0.717, 1.165) is 11.3 Å². The molecule has 0 N–H and O–H groups in total. The van der Waals surface area contributed by atoms with E-state index >= 15 is 0 Å². The molecule has 0 fully saturated rings. The first-order chi connectivity index (χ1) is 9.91. The molecule has 0 aliphatic rings. The second-order valence-corrected chi connectivity index (χ2v) is 7.08. The fourth-order valence-electron chi connectivity index (χ4n) is 2.28. The number of anilines is 1. The fourth-order valence-corrected chi connectivity index (χ4v) is 3.83. The quantitative estimate of drug-likeness (QED) is 0.790. The molecule has 0 radical (unpaired) electrons. The van der Waals surface area contributed by atoms with E-state index in [0.29, 0.717) is 12.2 Å². The Morgan fingerprint density at radius 2 is 1.95 bits per heavy atom. The van der Waals surface area contributed by atoms with Gasteiger partial charge in [0.05, 0.1) is 11.6 Å². The summed E-state index contributed by atoms with van der Waals surface area (Å²) in [7, 11) is -2.01. The Hall–Kier alpha value is -1.46. The molecule has 114 valence electrons. The number of para-hydroxylation sites is 1. The van der Waals surface area contributed by atoms with Crippen molar-refractivity contribution < 1.29 is 8.42 Å². The molecule has 0 aliphatic heterocycles. The van der Waals surface area contributed by atoms with Gasteiger partial charge in [-0.15, -0.1) is 11.6 Å². The summed E-state index contributed by atoms with van der Waals surface area (Å²) in [6.07, 6.45) is 1.64. The summed E-state index contributed by atoms with van der Waals surface area (Å²) in [4.78, 5) is 0.269. The standard InChI is InChI=1S/C15H19ClN2O2S/c1-4-18-11-14(9-13(18)10-16)21(19,20)17(3)15-8-6-5-7-12(15)2/h5-9,11H,4,10H2,1-3H3. The number of sulfonamides is 1. The highest BCUT2D eigenvalue weighted by atomic mass is 35.5. The van der Waals surface area contributed by atoms with Gasteiger partial charge in [0.2, 0.25) is 0 Å². The zero-order chi connectivity index (χ0) is 15.6. The van der Waals surface area contributed by atoms with Crippen molar-refractivity contribution in [3.63, 3.8) is 0 Å². The van der Waals surface area contributed by atoms with Gasteiger partial charge in [-0.05, 0) is 31.5 Å². The molecule has 0 amide bonds. The molecule has 0 saturated carbocycles. The predicted molar refractivity (Wildman–Crippen MR) is 86.4 cm³/mol. The van der Waals surface area contributed by atoms with Crippen LogP contribution in [-0.4, -0.2) is 20.0 Å². The number of nitrogens with zero attached hydrogens (tertiary/aromatic N) is 2. The van der Waals surface area contributed by atoms with E-state index in [-0.39, 0.29) is 10.8 Å². The van der Waals surface area contributed by atoms with Crippen LogP contribution in [0.4, 0.5) is 5.69 Å². The Balaban J connectivity index is 2.47. The van der Waals surface area contributed by atoms with Crippen molar-refractivity contribution in [3.8, 4) is 0 Å². The topological polar surface area (TPSA) is 42.3 Å². The predicted octanol–water partition coefficient (Wildman–Crippen LogP) is 3.38. The second-order valence-electron chi connectivity index (χ2n) is 4.85. The molecule has 0 saturated heterocycles. The molecule has 2 rings (SSSR count). The van der Waals surface area contributed by atoms with E-state index < -0.39 is 10.0 Å². The van der Waals surface area contributed by atoms with E-state index in [9.17, 15) is 8.42 Å². The van der Waals surface area contributed by atoms with Gasteiger partial charge in [0.1, 0.15) is 4.90 Å². The average Bonchev–Trinajstić information content (AvgIpc) is 2.91. The Morgan fingerprint density at radius 1 is 1.29 bits per heavy atom. The largest absolute Gasteiger partial charge is 0.349 e. The minimum Gasteiger partial charge on any atom is -0.349 e. The number of benzene rings is 1. The van der Waals surface area contributed by atoms with Crippen molar-refractivity contribution >= 4 is 27.3 Å². The minimum atomic E-state index is -3.58. The van der Waals surface area contributed by atoms with Gasteiger partial charge >= 0.3 is 0 Å². The van der Waals surface area contributed by atoms with Crippen LogP contribution in [0.15, 0.2) is 41.4 Å². The summed E-state index contributed by atoms with van der Waals surface area (Å²) in [5.41, 5.74) is 2.39. The number of rotatable bonds is 5. The molecule has 21 heavy (non-hydrogen) atoms. The van der Waals surface area contributed by atoms with Gasteiger partial charge in [-0.3, -0.25) is 4.31 Å². The molecule has 0 bridgehead atoms. The van der Waals surface area contributed by atoms with Crippen LogP contribution < -0.4 is 4.31 Å². The van der Waals surface area contributed by atoms with Crippen LogP contribution in [0.5, 0.6) is 0 Å². The third kappa shape index (κ3) is 2.94. The maximum Gasteiger partial charge on any atom is 0.265 e. The fraction of sp³-hybridized carbons (Fsp3) is 0.333. The summed E-state index contributed by atoms with van der Waals surface area (Å²) < 4.78 is 28.7. The Kier molecular flexibility index (Phi) is 4.64. The first-order valence-electron chi connectivity index (χ1n) is 6.71. The Bertz CT molecular complexity index is 716. The van der Waals surface area contributed by atoms with E-state index in [1.54, 1.807) is 25.4 Å². The highest BCUT2D eigenvalue weighted by Gasteiger charge is 2.24. The van der Waals surface area contributed by atoms with E-state index in [4.69, 9.17) is 11.6 Å². The average molecular weight is 327 g/mol. The van der Waals surface area contributed by atoms with Gasteiger partial charge in [-0.1, -0.05) is 18.2 Å². The third-order valence-corrected chi connectivity index (χ3v) is 5.56. The van der Waals surface area contributed by atoms with Crippen LogP contribution in [0.25, 0.3) is 0 Å². The van der Waals surface area contributed by atoms with Gasteiger partial charge in [0, 0.05) is 25.5 Å². The van der Waals surface area contributed by atoms with Crippen molar-refractivity contribution in [2.24, 2.45) is 0 Å². The van der Waals surface area contributed by atoms with Crippen molar-refractivity contribution in [1.82, 2.24) is 4.57 Å². The summed E-state index contributed by atoms with van der Waals surface area (Å²) in [6.45, 7) is 4.53.